The molecule has 7 N–H and O–H groups in total. The average molecular weight is 341 g/mol. The Morgan fingerprint density at radius 2 is 0.850 bits per heavy atom. The van der Waals surface area contributed by atoms with E-state index in [-0.39, 0.29) is 49.5 Å². The van der Waals surface area contributed by atoms with Crippen molar-refractivity contribution >= 4 is 37.2 Å². The van der Waals surface area contributed by atoms with Gasteiger partial charge < -0.3 is 17.6 Å². The van der Waals surface area contributed by atoms with Gasteiger partial charge in [0.15, 0.2) is 0 Å². The number of hydrogen-bond donors (Lipinski definition) is 3. The lowest BCUT2D eigenvalue weighted by Crippen LogP contribution is -2.12. The summed E-state index contributed by atoms with van der Waals surface area (Å²) in [6.07, 6.45) is 0. The van der Waals surface area contributed by atoms with Crippen molar-refractivity contribution < 1.29 is 0 Å². The van der Waals surface area contributed by atoms with Crippen LogP contribution in [0.3, 0.4) is 0 Å². The van der Waals surface area contributed by atoms with E-state index in [0.29, 0.717) is 0 Å². The minimum Gasteiger partial charge on any atom is -0.344 e. The van der Waals surface area contributed by atoms with Gasteiger partial charge in [-0.2, -0.15) is 0 Å². The van der Waals surface area contributed by atoms with E-state index in [2.05, 4.69) is 53.8 Å². The van der Waals surface area contributed by atoms with Gasteiger partial charge in [-0.15, -0.1) is 37.2 Å². The molecule has 0 spiro atoms. The van der Waals surface area contributed by atoms with Crippen LogP contribution in [0.4, 0.5) is 0 Å². The molecule has 0 aromatic heterocycles. The normalized spacial score (nSPS) is 7.60. The molecule has 116 valence electrons. The summed E-state index contributed by atoms with van der Waals surface area (Å²) >= 11 is 0. The summed E-state index contributed by atoms with van der Waals surface area (Å²) in [5.74, 6) is 0. The van der Waals surface area contributed by atoms with Crippen LogP contribution in [0.25, 0.3) is 0 Å². The number of hydrogen-bond acceptors (Lipinski definition) is 3. The third-order valence-corrected chi connectivity index (χ3v) is 2.34. The van der Waals surface area contributed by atoms with E-state index in [4.69, 9.17) is 0 Å². The molecule has 0 bridgehead atoms. The molecule has 20 heavy (non-hydrogen) atoms. The van der Waals surface area contributed by atoms with Crippen LogP contribution in [-0.4, -0.2) is 0 Å². The summed E-state index contributed by atoms with van der Waals surface area (Å²) in [7, 11) is 0. The molecule has 0 saturated carbocycles. The molecule has 0 fully saturated rings. The van der Waals surface area contributed by atoms with E-state index in [1.807, 2.05) is 12.1 Å². The van der Waals surface area contributed by atoms with Crippen LogP contribution >= 0.6 is 37.2 Å². The van der Waals surface area contributed by atoms with Gasteiger partial charge in [0.25, 0.3) is 0 Å². The third-order valence-electron chi connectivity index (χ3n) is 2.34. The molecule has 0 heterocycles. The van der Waals surface area contributed by atoms with Crippen LogP contribution in [0, 0.1) is 0 Å². The van der Waals surface area contributed by atoms with Gasteiger partial charge in [-0.3, -0.25) is 0 Å². The Kier molecular flexibility index (Phi) is 22.4. The van der Waals surface area contributed by atoms with Gasteiger partial charge in [-0.05, 0) is 11.1 Å². The fourth-order valence-corrected chi connectivity index (χ4v) is 1.54. The maximum absolute atomic E-state index is 3.42. The SMILES string of the molecule is Cl.Cl.Cl.N.N.c1ccc(CNCc2ccccc2)cc1. The quantitative estimate of drug-likeness (QED) is 0.762. The van der Waals surface area contributed by atoms with Crippen molar-refractivity contribution in [2.45, 2.75) is 13.1 Å². The number of rotatable bonds is 4. The highest BCUT2D eigenvalue weighted by Gasteiger charge is 1.92. The van der Waals surface area contributed by atoms with Crippen molar-refractivity contribution in [2.24, 2.45) is 0 Å². The third kappa shape index (κ3) is 10.0. The standard InChI is InChI=1S/C14H15N.3ClH.2H3N/c1-3-7-13(8-4-1)11-15-12-14-9-5-2-6-10-14;;;;;/h1-10,15H,11-12H2;3*1H;2*1H3. The van der Waals surface area contributed by atoms with Crippen LogP contribution in [-0.2, 0) is 13.1 Å². The molecule has 0 aliphatic rings. The lowest BCUT2D eigenvalue weighted by Gasteiger charge is -2.04. The van der Waals surface area contributed by atoms with E-state index in [9.17, 15) is 0 Å². The van der Waals surface area contributed by atoms with Crippen molar-refractivity contribution in [3.63, 3.8) is 0 Å². The maximum atomic E-state index is 3.42. The first-order valence-corrected chi connectivity index (χ1v) is 5.24. The van der Waals surface area contributed by atoms with Gasteiger partial charge in [-0.1, -0.05) is 60.7 Å². The molecule has 2 rings (SSSR count). The number of halogens is 3. The Balaban J connectivity index is -0.000000256. The maximum Gasteiger partial charge on any atom is 0.0208 e. The molecule has 0 radical (unpaired) electrons. The van der Waals surface area contributed by atoms with E-state index >= 15 is 0 Å². The molecule has 0 aliphatic carbocycles. The van der Waals surface area contributed by atoms with Gasteiger partial charge in [-0.25, -0.2) is 0 Å². The lowest BCUT2D eigenvalue weighted by molar-refractivity contribution is 0.693. The zero-order chi connectivity index (χ0) is 10.3. The van der Waals surface area contributed by atoms with E-state index in [0.717, 1.165) is 13.1 Å². The Bertz CT molecular complexity index is 359. The van der Waals surface area contributed by atoms with Crippen molar-refractivity contribution in [1.82, 2.24) is 17.6 Å². The van der Waals surface area contributed by atoms with Crippen LogP contribution in [0.5, 0.6) is 0 Å². The topological polar surface area (TPSA) is 82.0 Å². The van der Waals surface area contributed by atoms with Gasteiger partial charge in [0.2, 0.25) is 0 Å². The highest BCUT2D eigenvalue weighted by Crippen LogP contribution is 2.00. The summed E-state index contributed by atoms with van der Waals surface area (Å²) in [6, 6.07) is 20.9. The van der Waals surface area contributed by atoms with Gasteiger partial charge in [0, 0.05) is 13.1 Å². The molecule has 0 atom stereocenters. The molecule has 3 nitrogen and oxygen atoms in total. The van der Waals surface area contributed by atoms with Gasteiger partial charge >= 0.3 is 0 Å². The molecule has 0 amide bonds. The summed E-state index contributed by atoms with van der Waals surface area (Å²) in [4.78, 5) is 0. The summed E-state index contributed by atoms with van der Waals surface area (Å²) < 4.78 is 0. The smallest absolute Gasteiger partial charge is 0.0208 e. The Morgan fingerprint density at radius 1 is 0.550 bits per heavy atom. The first-order valence-electron chi connectivity index (χ1n) is 5.24. The fraction of sp³-hybridized carbons (Fsp3) is 0.143. The monoisotopic (exact) mass is 339 g/mol. The van der Waals surface area contributed by atoms with Crippen LogP contribution < -0.4 is 17.6 Å². The number of nitrogens with one attached hydrogen (secondary N) is 1. The molecular weight excluding hydrogens is 317 g/mol. The van der Waals surface area contributed by atoms with E-state index < -0.39 is 0 Å². The molecule has 0 saturated heterocycles. The minimum atomic E-state index is 0. The summed E-state index contributed by atoms with van der Waals surface area (Å²) in [6.45, 7) is 1.85. The molecule has 2 aromatic rings. The van der Waals surface area contributed by atoms with Crippen molar-refractivity contribution in [2.75, 3.05) is 0 Å². The van der Waals surface area contributed by atoms with Crippen molar-refractivity contribution in [3.8, 4) is 0 Å². The Morgan fingerprint density at radius 3 is 1.15 bits per heavy atom. The molecule has 6 heteroatoms. The minimum absolute atomic E-state index is 0. The van der Waals surface area contributed by atoms with Crippen molar-refractivity contribution in [1.29, 1.82) is 0 Å². The second-order valence-electron chi connectivity index (χ2n) is 3.57. The molecule has 0 unspecified atom stereocenters. The van der Waals surface area contributed by atoms with E-state index in [1.165, 1.54) is 11.1 Å². The Hall–Kier alpha value is -0.810. The highest BCUT2D eigenvalue weighted by atomic mass is 35.5. The predicted octanol–water partition coefficient (Wildman–Crippen LogP) is 4.57. The first-order chi connectivity index (χ1) is 7.45. The second kappa shape index (κ2) is 16.2. The van der Waals surface area contributed by atoms with E-state index in [1.54, 1.807) is 0 Å². The fourth-order valence-electron chi connectivity index (χ4n) is 1.54. The first kappa shape index (κ1) is 27.5. The molecular formula is C14H24Cl3N3. The summed E-state index contributed by atoms with van der Waals surface area (Å²) in [5.41, 5.74) is 2.65. The van der Waals surface area contributed by atoms with Crippen LogP contribution in [0.2, 0.25) is 0 Å². The van der Waals surface area contributed by atoms with Gasteiger partial charge in [0.05, 0.1) is 0 Å². The van der Waals surface area contributed by atoms with Crippen LogP contribution in [0.1, 0.15) is 11.1 Å². The Labute approximate surface area is 139 Å². The largest absolute Gasteiger partial charge is 0.344 e. The van der Waals surface area contributed by atoms with Crippen LogP contribution in [0.15, 0.2) is 60.7 Å². The second-order valence-corrected chi connectivity index (χ2v) is 3.57. The van der Waals surface area contributed by atoms with Gasteiger partial charge in [0.1, 0.15) is 0 Å². The summed E-state index contributed by atoms with van der Waals surface area (Å²) in [5, 5.41) is 3.42. The zero-order valence-corrected chi connectivity index (χ0v) is 13.8. The predicted molar refractivity (Wildman–Crippen MR) is 95.2 cm³/mol. The highest BCUT2D eigenvalue weighted by molar-refractivity contribution is 5.86. The van der Waals surface area contributed by atoms with Crippen molar-refractivity contribution in [3.05, 3.63) is 71.8 Å². The molecule has 0 aliphatic heterocycles. The zero-order valence-electron chi connectivity index (χ0n) is 11.3. The average Bonchev–Trinajstić information content (AvgIpc) is 2.32. The molecule has 2 aromatic carbocycles. The lowest BCUT2D eigenvalue weighted by atomic mass is 10.2. The number of benzene rings is 2.